The minimum Gasteiger partial charge on any atom is -0.467 e. The summed E-state index contributed by atoms with van der Waals surface area (Å²) < 4.78 is 20.8. The topological polar surface area (TPSA) is 72.1 Å². The Kier molecular flexibility index (Phi) is 6.58. The molecule has 38 heavy (non-hydrogen) atoms. The molecule has 0 saturated carbocycles. The molecule has 7 heteroatoms. The van der Waals surface area contributed by atoms with Crippen LogP contribution in [0, 0.1) is 11.7 Å². The number of furan rings is 1. The lowest BCUT2D eigenvalue weighted by Crippen LogP contribution is -2.38. The molecular weight excluding hydrogens is 479 g/mol. The van der Waals surface area contributed by atoms with Crippen LogP contribution in [0.25, 0.3) is 5.69 Å². The first-order valence-electron chi connectivity index (χ1n) is 13.2. The summed E-state index contributed by atoms with van der Waals surface area (Å²) in [6.07, 6.45) is 7.39. The van der Waals surface area contributed by atoms with Gasteiger partial charge in [0.1, 0.15) is 11.6 Å². The first-order valence-corrected chi connectivity index (χ1v) is 13.2. The average molecular weight is 511 g/mol. The van der Waals surface area contributed by atoms with Crippen molar-refractivity contribution in [3.63, 3.8) is 0 Å². The molecule has 0 bridgehead atoms. The van der Waals surface area contributed by atoms with Crippen LogP contribution in [-0.2, 0) is 13.0 Å². The van der Waals surface area contributed by atoms with E-state index in [1.165, 1.54) is 34.5 Å². The summed E-state index contributed by atoms with van der Waals surface area (Å²) in [5.74, 6) is 1.09. The Morgan fingerprint density at radius 2 is 1.95 bits per heavy atom. The predicted molar refractivity (Wildman–Crippen MR) is 143 cm³/mol. The molecule has 0 saturated heterocycles. The lowest BCUT2D eigenvalue weighted by Gasteiger charge is -2.30. The summed E-state index contributed by atoms with van der Waals surface area (Å²) in [4.78, 5) is 12.9. The third-order valence-electron chi connectivity index (χ3n) is 7.96. The Bertz CT molecular complexity index is 1440. The Balaban J connectivity index is 1.21. The van der Waals surface area contributed by atoms with Gasteiger partial charge < -0.3 is 15.1 Å². The van der Waals surface area contributed by atoms with Crippen molar-refractivity contribution < 1.29 is 13.6 Å². The summed E-state index contributed by atoms with van der Waals surface area (Å²) in [5.41, 5.74) is 7.39. The summed E-state index contributed by atoms with van der Waals surface area (Å²) in [5, 5.41) is 10.8. The van der Waals surface area contributed by atoms with Gasteiger partial charge in [-0.25, -0.2) is 13.9 Å². The van der Waals surface area contributed by atoms with Crippen LogP contribution in [0.5, 0.6) is 0 Å². The number of urea groups is 1. The maximum Gasteiger partial charge on any atom is 0.315 e. The number of hydrogen-bond donors (Lipinski definition) is 2. The standard InChI is InChI=1S/C31H31FN4O2/c1-20-27-19-34-36(25-13-11-24(32)12-14-25)29(27)17-23-10-9-22(30(20)23)16-28(21-6-3-2-4-7-21)35-31(37)33-18-26-8-5-15-38-26/h2-8,11-15,19-20,22,28H,9-10,16-18H2,1H3,(H2,33,35,37)/t20-,22+,28?/m0/s1. The zero-order valence-corrected chi connectivity index (χ0v) is 21.4. The van der Waals surface area contributed by atoms with E-state index in [4.69, 9.17) is 4.42 Å². The number of nitrogens with zero attached hydrogens (tertiary/aromatic N) is 2. The molecule has 2 aromatic carbocycles. The van der Waals surface area contributed by atoms with E-state index in [1.807, 2.05) is 41.2 Å². The van der Waals surface area contributed by atoms with Crippen molar-refractivity contribution in [2.45, 2.75) is 51.1 Å². The Labute approximate surface area is 221 Å². The molecule has 6 nitrogen and oxygen atoms in total. The molecule has 2 aromatic heterocycles. The average Bonchev–Trinajstić information content (AvgIpc) is 3.69. The molecule has 194 valence electrons. The second-order valence-electron chi connectivity index (χ2n) is 10.2. The van der Waals surface area contributed by atoms with Gasteiger partial charge in [0.15, 0.2) is 0 Å². The fourth-order valence-electron chi connectivity index (χ4n) is 6.17. The van der Waals surface area contributed by atoms with Gasteiger partial charge in [-0.2, -0.15) is 5.10 Å². The van der Waals surface area contributed by atoms with E-state index in [2.05, 4.69) is 34.8 Å². The maximum absolute atomic E-state index is 13.5. The van der Waals surface area contributed by atoms with E-state index in [0.717, 1.165) is 42.7 Å². The van der Waals surface area contributed by atoms with Crippen LogP contribution >= 0.6 is 0 Å². The molecule has 0 spiro atoms. The Morgan fingerprint density at radius 1 is 1.13 bits per heavy atom. The van der Waals surface area contributed by atoms with Crippen LogP contribution in [0.2, 0.25) is 0 Å². The number of carbonyl (C=O) groups is 1. The molecule has 0 fully saturated rings. The molecule has 2 heterocycles. The second kappa shape index (κ2) is 10.3. The SMILES string of the molecule is C[C@@H]1C2=C(CC[C@@H]2CC(NC(=O)NCc2ccco2)c2ccccc2)Cc2c1cnn2-c1ccc(F)cc1. The van der Waals surface area contributed by atoms with Gasteiger partial charge in [0.2, 0.25) is 0 Å². The van der Waals surface area contributed by atoms with Gasteiger partial charge >= 0.3 is 6.03 Å². The molecule has 2 aliphatic carbocycles. The van der Waals surface area contributed by atoms with Crippen LogP contribution in [-0.4, -0.2) is 15.8 Å². The van der Waals surface area contributed by atoms with Gasteiger partial charge in [-0.05, 0) is 67.1 Å². The number of amides is 2. The van der Waals surface area contributed by atoms with Crippen molar-refractivity contribution in [1.29, 1.82) is 0 Å². The molecule has 2 amide bonds. The number of carbonyl (C=O) groups excluding carboxylic acids is 1. The zero-order chi connectivity index (χ0) is 26.1. The minimum atomic E-state index is -0.247. The van der Waals surface area contributed by atoms with Crippen LogP contribution in [0.1, 0.15) is 60.7 Å². The zero-order valence-electron chi connectivity index (χ0n) is 21.4. The molecule has 4 aromatic rings. The smallest absolute Gasteiger partial charge is 0.315 e. The van der Waals surface area contributed by atoms with Crippen LogP contribution in [0.15, 0.2) is 94.8 Å². The molecule has 2 aliphatic rings. The molecule has 0 radical (unpaired) electrons. The summed E-state index contributed by atoms with van der Waals surface area (Å²) in [7, 11) is 0. The lowest BCUT2D eigenvalue weighted by molar-refractivity contribution is 0.233. The monoisotopic (exact) mass is 510 g/mol. The number of allylic oxidation sites excluding steroid dienone is 2. The Morgan fingerprint density at radius 3 is 2.71 bits per heavy atom. The van der Waals surface area contributed by atoms with Crippen molar-refractivity contribution in [3.05, 3.63) is 119 Å². The lowest BCUT2D eigenvalue weighted by atomic mass is 9.78. The quantitative estimate of drug-likeness (QED) is 0.275. The highest BCUT2D eigenvalue weighted by Gasteiger charge is 2.37. The summed E-state index contributed by atoms with van der Waals surface area (Å²) in [6, 6.07) is 20.1. The van der Waals surface area contributed by atoms with E-state index in [1.54, 1.807) is 18.4 Å². The van der Waals surface area contributed by atoms with Gasteiger partial charge in [-0.1, -0.05) is 48.4 Å². The van der Waals surface area contributed by atoms with Crippen LogP contribution in [0.4, 0.5) is 9.18 Å². The molecule has 1 unspecified atom stereocenters. The Hall–Kier alpha value is -4.13. The van der Waals surface area contributed by atoms with Crippen molar-refractivity contribution >= 4 is 6.03 Å². The molecule has 0 aliphatic heterocycles. The van der Waals surface area contributed by atoms with Gasteiger partial charge in [-0.3, -0.25) is 0 Å². The highest BCUT2D eigenvalue weighted by atomic mass is 19.1. The van der Waals surface area contributed by atoms with Gasteiger partial charge in [0.25, 0.3) is 0 Å². The number of benzene rings is 2. The van der Waals surface area contributed by atoms with E-state index in [9.17, 15) is 9.18 Å². The maximum atomic E-state index is 13.5. The van der Waals surface area contributed by atoms with E-state index in [-0.39, 0.29) is 23.8 Å². The number of nitrogens with one attached hydrogen (secondary N) is 2. The van der Waals surface area contributed by atoms with Crippen molar-refractivity contribution in [1.82, 2.24) is 20.4 Å². The van der Waals surface area contributed by atoms with E-state index < -0.39 is 0 Å². The number of fused-ring (bicyclic) bond motifs is 1. The number of halogens is 1. The third-order valence-corrected chi connectivity index (χ3v) is 7.96. The molecule has 3 atom stereocenters. The number of aromatic nitrogens is 2. The van der Waals surface area contributed by atoms with Crippen molar-refractivity contribution in [2.75, 3.05) is 0 Å². The number of hydrogen-bond acceptors (Lipinski definition) is 3. The van der Waals surface area contributed by atoms with Gasteiger partial charge in [0, 0.05) is 17.9 Å². The highest BCUT2D eigenvalue weighted by Crippen LogP contribution is 2.49. The van der Waals surface area contributed by atoms with Gasteiger partial charge in [-0.15, -0.1) is 0 Å². The fraction of sp³-hybridized carbons (Fsp3) is 0.290. The molecular formula is C31H31FN4O2. The van der Waals surface area contributed by atoms with Gasteiger partial charge in [0.05, 0.1) is 36.4 Å². The largest absolute Gasteiger partial charge is 0.467 e. The second-order valence-corrected chi connectivity index (χ2v) is 10.2. The van der Waals surface area contributed by atoms with Crippen LogP contribution < -0.4 is 10.6 Å². The summed E-state index contributed by atoms with van der Waals surface area (Å²) >= 11 is 0. The predicted octanol–water partition coefficient (Wildman–Crippen LogP) is 6.60. The third kappa shape index (κ3) is 4.76. The molecule has 2 N–H and O–H groups in total. The summed E-state index contributed by atoms with van der Waals surface area (Å²) in [6.45, 7) is 2.61. The number of rotatable bonds is 7. The van der Waals surface area contributed by atoms with Crippen molar-refractivity contribution in [2.24, 2.45) is 5.92 Å². The molecule has 6 rings (SSSR count). The van der Waals surface area contributed by atoms with Crippen LogP contribution in [0.3, 0.4) is 0 Å². The van der Waals surface area contributed by atoms with E-state index >= 15 is 0 Å². The van der Waals surface area contributed by atoms with Crippen molar-refractivity contribution in [3.8, 4) is 5.69 Å². The fourth-order valence-corrected chi connectivity index (χ4v) is 6.17. The first-order chi connectivity index (χ1) is 18.6. The minimum absolute atomic E-state index is 0.111. The van der Waals surface area contributed by atoms with E-state index in [0.29, 0.717) is 12.5 Å². The first kappa shape index (κ1) is 24.2. The highest BCUT2D eigenvalue weighted by molar-refractivity contribution is 5.74. The normalized spacial score (nSPS) is 19.1.